The standard InChI is InChI=1S/C14H17N3O3/c1-9-6-16-10(7-15-9)8-17-13(18)11-4-2-3-5-12(11)14(19)20/h2-3,6-7,11-12H,4-5,8H2,1H3,(H,17,18)(H,19,20). The number of carbonyl (C=O) groups is 2. The monoisotopic (exact) mass is 275 g/mol. The van der Waals surface area contributed by atoms with E-state index < -0.39 is 17.8 Å². The summed E-state index contributed by atoms with van der Waals surface area (Å²) in [6, 6.07) is 0. The van der Waals surface area contributed by atoms with Gasteiger partial charge in [0.1, 0.15) is 0 Å². The number of carboxylic acids is 1. The third-order valence-electron chi connectivity index (χ3n) is 3.36. The van der Waals surface area contributed by atoms with E-state index in [9.17, 15) is 9.59 Å². The Bertz CT molecular complexity index is 525. The van der Waals surface area contributed by atoms with Gasteiger partial charge in [0.05, 0.1) is 36.0 Å². The topological polar surface area (TPSA) is 92.2 Å². The van der Waals surface area contributed by atoms with Crippen LogP contribution in [0.3, 0.4) is 0 Å². The van der Waals surface area contributed by atoms with Crippen LogP contribution in [0.15, 0.2) is 24.5 Å². The third kappa shape index (κ3) is 3.40. The van der Waals surface area contributed by atoms with Crippen LogP contribution in [-0.2, 0) is 16.1 Å². The number of amides is 1. The molecule has 1 aliphatic rings. The fourth-order valence-electron chi connectivity index (χ4n) is 2.20. The minimum atomic E-state index is -0.926. The molecule has 2 atom stereocenters. The minimum absolute atomic E-state index is 0.246. The van der Waals surface area contributed by atoms with E-state index in [1.807, 2.05) is 19.1 Å². The van der Waals surface area contributed by atoms with Crippen LogP contribution in [0.25, 0.3) is 0 Å². The lowest BCUT2D eigenvalue weighted by molar-refractivity contribution is -0.147. The van der Waals surface area contributed by atoms with Crippen LogP contribution in [0.1, 0.15) is 24.2 Å². The van der Waals surface area contributed by atoms with Gasteiger partial charge in [-0.25, -0.2) is 0 Å². The summed E-state index contributed by atoms with van der Waals surface area (Å²) in [6.07, 6.45) is 7.76. The number of carboxylic acid groups (broad SMARTS) is 1. The van der Waals surface area contributed by atoms with Crippen molar-refractivity contribution in [3.05, 3.63) is 35.9 Å². The highest BCUT2D eigenvalue weighted by atomic mass is 16.4. The maximum Gasteiger partial charge on any atom is 0.307 e. The van der Waals surface area contributed by atoms with Crippen molar-refractivity contribution in [2.75, 3.05) is 0 Å². The maximum absolute atomic E-state index is 12.1. The van der Waals surface area contributed by atoms with Crippen molar-refractivity contribution in [2.45, 2.75) is 26.3 Å². The molecule has 0 saturated carbocycles. The van der Waals surface area contributed by atoms with Crippen LogP contribution in [0.5, 0.6) is 0 Å². The molecule has 0 spiro atoms. The number of hydrogen-bond acceptors (Lipinski definition) is 4. The zero-order valence-electron chi connectivity index (χ0n) is 11.2. The van der Waals surface area contributed by atoms with Gasteiger partial charge in [0.2, 0.25) is 5.91 Å². The lowest BCUT2D eigenvalue weighted by Crippen LogP contribution is -2.38. The molecule has 1 aromatic heterocycles. The van der Waals surface area contributed by atoms with Crippen LogP contribution < -0.4 is 5.32 Å². The van der Waals surface area contributed by atoms with Gasteiger partial charge >= 0.3 is 5.97 Å². The molecule has 0 fully saturated rings. The summed E-state index contributed by atoms with van der Waals surface area (Å²) < 4.78 is 0. The van der Waals surface area contributed by atoms with E-state index in [0.29, 0.717) is 18.5 Å². The normalized spacial score (nSPS) is 21.4. The van der Waals surface area contributed by atoms with E-state index in [-0.39, 0.29) is 12.5 Å². The first-order valence-electron chi connectivity index (χ1n) is 6.51. The molecule has 1 heterocycles. The van der Waals surface area contributed by atoms with E-state index in [2.05, 4.69) is 15.3 Å². The van der Waals surface area contributed by atoms with E-state index in [1.54, 1.807) is 12.4 Å². The molecule has 1 aromatic rings. The van der Waals surface area contributed by atoms with Gasteiger partial charge in [-0.3, -0.25) is 19.6 Å². The summed E-state index contributed by atoms with van der Waals surface area (Å²) in [5, 5.41) is 11.9. The van der Waals surface area contributed by atoms with Gasteiger partial charge < -0.3 is 10.4 Å². The van der Waals surface area contributed by atoms with Gasteiger partial charge in [0.25, 0.3) is 0 Å². The lowest BCUT2D eigenvalue weighted by atomic mass is 9.82. The van der Waals surface area contributed by atoms with Crippen LogP contribution in [0, 0.1) is 18.8 Å². The number of carbonyl (C=O) groups excluding carboxylic acids is 1. The van der Waals surface area contributed by atoms with Crippen molar-refractivity contribution in [2.24, 2.45) is 11.8 Å². The molecule has 1 amide bonds. The summed E-state index contributed by atoms with van der Waals surface area (Å²) in [4.78, 5) is 31.5. The average molecular weight is 275 g/mol. The molecule has 2 rings (SSSR count). The predicted octanol–water partition coefficient (Wildman–Crippen LogP) is 1.07. The molecule has 2 N–H and O–H groups in total. The summed E-state index contributed by atoms with van der Waals surface area (Å²) in [6.45, 7) is 2.10. The number of aromatic nitrogens is 2. The number of hydrogen-bond donors (Lipinski definition) is 2. The van der Waals surface area contributed by atoms with Crippen molar-refractivity contribution >= 4 is 11.9 Å². The van der Waals surface area contributed by atoms with Crippen LogP contribution in [0.4, 0.5) is 0 Å². The van der Waals surface area contributed by atoms with Crippen molar-refractivity contribution in [3.8, 4) is 0 Å². The molecular weight excluding hydrogens is 258 g/mol. The van der Waals surface area contributed by atoms with Crippen LogP contribution in [-0.4, -0.2) is 27.0 Å². The van der Waals surface area contributed by atoms with Gasteiger partial charge in [-0.1, -0.05) is 12.2 Å². The first kappa shape index (κ1) is 14.2. The molecule has 6 nitrogen and oxygen atoms in total. The second-order valence-electron chi connectivity index (χ2n) is 4.86. The fourth-order valence-corrected chi connectivity index (χ4v) is 2.20. The molecule has 0 saturated heterocycles. The second kappa shape index (κ2) is 6.27. The second-order valence-corrected chi connectivity index (χ2v) is 4.86. The molecule has 0 bridgehead atoms. The summed E-state index contributed by atoms with van der Waals surface area (Å²) in [5.74, 6) is -2.34. The maximum atomic E-state index is 12.1. The SMILES string of the molecule is Cc1cnc(CNC(=O)C2CC=CCC2C(=O)O)cn1. The Labute approximate surface area is 116 Å². The van der Waals surface area contributed by atoms with E-state index in [1.165, 1.54) is 0 Å². The first-order chi connectivity index (χ1) is 9.58. The lowest BCUT2D eigenvalue weighted by Gasteiger charge is -2.24. The van der Waals surface area contributed by atoms with E-state index in [4.69, 9.17) is 5.11 Å². The quantitative estimate of drug-likeness (QED) is 0.802. The van der Waals surface area contributed by atoms with Gasteiger partial charge in [0.15, 0.2) is 0 Å². The van der Waals surface area contributed by atoms with Crippen molar-refractivity contribution in [1.82, 2.24) is 15.3 Å². The molecule has 0 radical (unpaired) electrons. The summed E-state index contributed by atoms with van der Waals surface area (Å²) >= 11 is 0. The smallest absolute Gasteiger partial charge is 0.307 e. The van der Waals surface area contributed by atoms with Crippen LogP contribution >= 0.6 is 0 Å². The van der Waals surface area contributed by atoms with Crippen molar-refractivity contribution < 1.29 is 14.7 Å². The Kier molecular flexibility index (Phi) is 4.45. The highest BCUT2D eigenvalue weighted by Crippen LogP contribution is 2.26. The largest absolute Gasteiger partial charge is 0.481 e. The molecule has 0 aliphatic heterocycles. The first-order valence-corrected chi connectivity index (χ1v) is 6.51. The van der Waals surface area contributed by atoms with Gasteiger partial charge in [0, 0.05) is 6.20 Å². The molecule has 6 heteroatoms. The number of allylic oxidation sites excluding steroid dienone is 2. The number of aryl methyl sites for hydroxylation is 1. The molecule has 1 aliphatic carbocycles. The Morgan fingerprint density at radius 1 is 1.25 bits per heavy atom. The highest BCUT2D eigenvalue weighted by molar-refractivity contribution is 5.85. The third-order valence-corrected chi connectivity index (χ3v) is 3.36. The Morgan fingerprint density at radius 2 is 1.95 bits per heavy atom. The van der Waals surface area contributed by atoms with E-state index in [0.717, 1.165) is 5.69 Å². The number of aliphatic carboxylic acids is 1. The predicted molar refractivity (Wildman–Crippen MR) is 71.6 cm³/mol. The Hall–Kier alpha value is -2.24. The van der Waals surface area contributed by atoms with Gasteiger partial charge in [-0.2, -0.15) is 0 Å². The summed E-state index contributed by atoms with van der Waals surface area (Å²) in [5.41, 5.74) is 1.46. The molecule has 2 unspecified atom stereocenters. The minimum Gasteiger partial charge on any atom is -0.481 e. The zero-order valence-corrected chi connectivity index (χ0v) is 11.2. The Morgan fingerprint density at radius 3 is 2.55 bits per heavy atom. The van der Waals surface area contributed by atoms with Gasteiger partial charge in [-0.15, -0.1) is 0 Å². The van der Waals surface area contributed by atoms with E-state index >= 15 is 0 Å². The number of rotatable bonds is 4. The zero-order chi connectivity index (χ0) is 14.5. The fraction of sp³-hybridized carbons (Fsp3) is 0.429. The molecule has 106 valence electrons. The number of nitrogens with one attached hydrogen (secondary N) is 1. The average Bonchev–Trinajstić information content (AvgIpc) is 2.46. The Balaban J connectivity index is 1.95. The number of nitrogens with zero attached hydrogens (tertiary/aromatic N) is 2. The highest BCUT2D eigenvalue weighted by Gasteiger charge is 2.33. The molecular formula is C14H17N3O3. The van der Waals surface area contributed by atoms with Crippen molar-refractivity contribution in [3.63, 3.8) is 0 Å². The molecule has 20 heavy (non-hydrogen) atoms. The summed E-state index contributed by atoms with van der Waals surface area (Å²) in [7, 11) is 0. The van der Waals surface area contributed by atoms with Crippen LogP contribution in [0.2, 0.25) is 0 Å². The van der Waals surface area contributed by atoms with Gasteiger partial charge in [-0.05, 0) is 19.8 Å². The van der Waals surface area contributed by atoms with Crippen molar-refractivity contribution in [1.29, 1.82) is 0 Å². The molecule has 0 aromatic carbocycles.